The van der Waals surface area contributed by atoms with E-state index in [0.29, 0.717) is 24.8 Å². The van der Waals surface area contributed by atoms with E-state index in [2.05, 4.69) is 0 Å². The minimum absolute atomic E-state index is 0.00872. The number of ketones is 1. The summed E-state index contributed by atoms with van der Waals surface area (Å²) in [5.74, 6) is -0.366. The first-order chi connectivity index (χ1) is 11.1. The van der Waals surface area contributed by atoms with E-state index in [4.69, 9.17) is 4.74 Å². The van der Waals surface area contributed by atoms with Crippen LogP contribution < -0.4 is 0 Å². The van der Waals surface area contributed by atoms with E-state index in [9.17, 15) is 14.7 Å². The summed E-state index contributed by atoms with van der Waals surface area (Å²) < 4.78 is 5.71. The van der Waals surface area contributed by atoms with E-state index in [-0.39, 0.29) is 17.6 Å². The van der Waals surface area contributed by atoms with Gasteiger partial charge in [0, 0.05) is 12.0 Å². The van der Waals surface area contributed by atoms with E-state index >= 15 is 0 Å². The molecule has 0 unspecified atom stereocenters. The number of esters is 1. The van der Waals surface area contributed by atoms with Crippen LogP contribution in [0.4, 0.5) is 0 Å². The number of Topliss-reactive ketones (excluding diaryl/α,β-unsaturated/α-hetero) is 1. The van der Waals surface area contributed by atoms with Gasteiger partial charge >= 0.3 is 5.97 Å². The summed E-state index contributed by atoms with van der Waals surface area (Å²) >= 11 is 0. The zero-order valence-corrected chi connectivity index (χ0v) is 15.7. The van der Waals surface area contributed by atoms with Crippen LogP contribution in [-0.2, 0) is 14.3 Å². The maximum absolute atomic E-state index is 12.9. The molecular formula is C20H30O4. The van der Waals surface area contributed by atoms with Gasteiger partial charge in [-0.25, -0.2) is 4.79 Å². The molecule has 24 heavy (non-hydrogen) atoms. The van der Waals surface area contributed by atoms with Gasteiger partial charge in [-0.05, 0) is 58.4 Å². The maximum Gasteiger partial charge on any atom is 0.334 e. The molecule has 1 fully saturated rings. The number of ether oxygens (including phenoxy) is 1. The van der Waals surface area contributed by atoms with Crippen LogP contribution >= 0.6 is 0 Å². The van der Waals surface area contributed by atoms with Crippen LogP contribution in [0.25, 0.3) is 0 Å². The zero-order valence-electron chi connectivity index (χ0n) is 15.7. The molecule has 1 saturated carbocycles. The summed E-state index contributed by atoms with van der Waals surface area (Å²) in [6, 6.07) is 0. The number of hydrogen-bond acceptors (Lipinski definition) is 4. The summed E-state index contributed by atoms with van der Waals surface area (Å²) in [7, 11) is 0. The van der Waals surface area contributed by atoms with Crippen LogP contribution in [-0.4, -0.2) is 28.6 Å². The Morgan fingerprint density at radius 1 is 1.46 bits per heavy atom. The molecule has 4 nitrogen and oxygen atoms in total. The third-order valence-electron chi connectivity index (χ3n) is 6.20. The Bertz CT molecular complexity index is 601. The van der Waals surface area contributed by atoms with Gasteiger partial charge in [0.05, 0.1) is 11.0 Å². The molecule has 2 rings (SSSR count). The lowest BCUT2D eigenvalue weighted by Gasteiger charge is -2.44. The topological polar surface area (TPSA) is 63.6 Å². The highest BCUT2D eigenvalue weighted by Crippen LogP contribution is 2.56. The quantitative estimate of drug-likeness (QED) is 0.487. The van der Waals surface area contributed by atoms with E-state index in [1.54, 1.807) is 26.8 Å². The number of rotatable bonds is 3. The Morgan fingerprint density at radius 2 is 2.08 bits per heavy atom. The molecule has 0 spiro atoms. The summed E-state index contributed by atoms with van der Waals surface area (Å²) in [5, 5.41) is 11.6. The van der Waals surface area contributed by atoms with Crippen LogP contribution in [0.3, 0.4) is 0 Å². The normalized spacial score (nSPS) is 37.1. The van der Waals surface area contributed by atoms with Gasteiger partial charge < -0.3 is 9.84 Å². The van der Waals surface area contributed by atoms with Gasteiger partial charge in [0.15, 0.2) is 0 Å². The summed E-state index contributed by atoms with van der Waals surface area (Å²) in [6.45, 7) is 11.3. The number of aliphatic hydroxyl groups is 1. The Hall–Kier alpha value is -1.42. The molecule has 4 atom stereocenters. The first kappa shape index (κ1) is 18.9. The average Bonchev–Trinajstić information content (AvgIpc) is 2.67. The molecule has 0 aliphatic heterocycles. The fourth-order valence-corrected chi connectivity index (χ4v) is 4.22. The Balaban J connectivity index is 2.50. The minimum Gasteiger partial charge on any atom is -0.454 e. The molecule has 4 heteroatoms. The number of carbonyl (C=O) groups excluding carboxylic acids is 2. The zero-order chi connectivity index (χ0) is 18.3. The molecule has 0 bridgehead atoms. The van der Waals surface area contributed by atoms with Crippen molar-refractivity contribution in [1.82, 2.24) is 0 Å². The molecule has 0 heterocycles. The van der Waals surface area contributed by atoms with Crippen molar-refractivity contribution in [2.24, 2.45) is 17.3 Å². The van der Waals surface area contributed by atoms with Gasteiger partial charge in [-0.3, -0.25) is 4.79 Å². The van der Waals surface area contributed by atoms with Gasteiger partial charge in [-0.2, -0.15) is 0 Å². The third kappa shape index (κ3) is 2.75. The van der Waals surface area contributed by atoms with Crippen molar-refractivity contribution in [3.8, 4) is 0 Å². The van der Waals surface area contributed by atoms with Crippen molar-refractivity contribution in [2.75, 3.05) is 0 Å². The molecule has 0 saturated heterocycles. The Morgan fingerprint density at radius 3 is 2.62 bits per heavy atom. The average molecular weight is 334 g/mol. The number of allylic oxidation sites excluding steroid dienone is 2. The first-order valence-electron chi connectivity index (χ1n) is 8.84. The molecular weight excluding hydrogens is 304 g/mol. The minimum atomic E-state index is -1.15. The third-order valence-corrected chi connectivity index (χ3v) is 6.20. The lowest BCUT2D eigenvalue weighted by Crippen LogP contribution is -2.56. The SMILES string of the molecule is C/C=C(/C)C(=O)O[C@@H]1C=C(C)CC[C@]2(O)[C@@H](C(C)C)CC(=O)[C@]12C. The molecule has 2 aliphatic rings. The highest BCUT2D eigenvalue weighted by molar-refractivity contribution is 5.92. The largest absolute Gasteiger partial charge is 0.454 e. The molecule has 0 aromatic heterocycles. The highest BCUT2D eigenvalue weighted by atomic mass is 16.5. The molecule has 0 amide bonds. The standard InChI is InChI=1S/C20H30O4/c1-7-14(5)18(22)24-17-10-13(4)8-9-20(23)15(12(2)3)11-16(21)19(17,20)6/h7,10,12,15,17,23H,8-9,11H2,1-6H3/b14-7-/t15-,17-,19-,20+/m1/s1. The summed E-state index contributed by atoms with van der Waals surface area (Å²) in [4.78, 5) is 25.3. The van der Waals surface area contributed by atoms with Crippen LogP contribution in [0.15, 0.2) is 23.3 Å². The van der Waals surface area contributed by atoms with Crippen LogP contribution in [0.5, 0.6) is 0 Å². The van der Waals surface area contributed by atoms with E-state index in [0.717, 1.165) is 5.57 Å². The second-order valence-electron chi connectivity index (χ2n) is 7.92. The maximum atomic E-state index is 12.9. The first-order valence-corrected chi connectivity index (χ1v) is 8.84. The molecule has 0 aromatic carbocycles. The Kier molecular flexibility index (Phi) is 5.10. The second kappa shape index (κ2) is 6.47. The van der Waals surface area contributed by atoms with Gasteiger partial charge in [0.1, 0.15) is 11.9 Å². The van der Waals surface area contributed by atoms with Gasteiger partial charge in [-0.15, -0.1) is 0 Å². The van der Waals surface area contributed by atoms with Crippen molar-refractivity contribution in [2.45, 2.75) is 72.5 Å². The van der Waals surface area contributed by atoms with E-state index < -0.39 is 23.1 Å². The number of carbonyl (C=O) groups is 2. The fourth-order valence-electron chi connectivity index (χ4n) is 4.22. The molecule has 0 aromatic rings. The van der Waals surface area contributed by atoms with Crippen molar-refractivity contribution in [1.29, 1.82) is 0 Å². The highest BCUT2D eigenvalue weighted by Gasteiger charge is 2.66. The van der Waals surface area contributed by atoms with Gasteiger partial charge in [0.25, 0.3) is 0 Å². The fraction of sp³-hybridized carbons (Fsp3) is 0.700. The second-order valence-corrected chi connectivity index (χ2v) is 7.92. The lowest BCUT2D eigenvalue weighted by atomic mass is 9.65. The van der Waals surface area contributed by atoms with Crippen LogP contribution in [0.1, 0.15) is 60.8 Å². The number of hydrogen-bond donors (Lipinski definition) is 1. The molecule has 2 aliphatic carbocycles. The molecule has 1 N–H and O–H groups in total. The van der Waals surface area contributed by atoms with E-state index in [1.165, 1.54) is 0 Å². The van der Waals surface area contributed by atoms with Crippen molar-refractivity contribution >= 4 is 11.8 Å². The van der Waals surface area contributed by atoms with Crippen molar-refractivity contribution in [3.05, 3.63) is 23.3 Å². The summed E-state index contributed by atoms with van der Waals surface area (Å²) in [6.07, 6.45) is 4.39. The predicted octanol–water partition coefficient (Wildman–Crippen LogP) is 3.59. The summed E-state index contributed by atoms with van der Waals surface area (Å²) in [5.41, 5.74) is -0.696. The predicted molar refractivity (Wildman–Crippen MR) is 93.3 cm³/mol. The smallest absolute Gasteiger partial charge is 0.334 e. The van der Waals surface area contributed by atoms with Crippen LogP contribution in [0, 0.1) is 17.3 Å². The number of fused-ring (bicyclic) bond motifs is 1. The van der Waals surface area contributed by atoms with E-state index in [1.807, 2.05) is 26.8 Å². The molecule has 0 radical (unpaired) electrons. The van der Waals surface area contributed by atoms with Crippen molar-refractivity contribution < 1.29 is 19.4 Å². The van der Waals surface area contributed by atoms with Crippen LogP contribution in [0.2, 0.25) is 0 Å². The molecule has 134 valence electrons. The van der Waals surface area contributed by atoms with Gasteiger partial charge in [-0.1, -0.05) is 25.5 Å². The van der Waals surface area contributed by atoms with Gasteiger partial charge in [0.2, 0.25) is 0 Å². The van der Waals surface area contributed by atoms with Crippen molar-refractivity contribution in [3.63, 3.8) is 0 Å². The monoisotopic (exact) mass is 334 g/mol. The Labute approximate surface area is 145 Å². The lowest BCUT2D eigenvalue weighted by molar-refractivity contribution is -0.171.